The largest absolute Gasteiger partial charge is 0.481 e. The van der Waals surface area contributed by atoms with Gasteiger partial charge in [0.25, 0.3) is 0 Å². The summed E-state index contributed by atoms with van der Waals surface area (Å²) >= 11 is 0. The van der Waals surface area contributed by atoms with Gasteiger partial charge in [0.2, 0.25) is 0 Å². The first kappa shape index (κ1) is 16.8. The number of hydrogen-bond donors (Lipinski definition) is 3. The predicted octanol–water partition coefficient (Wildman–Crippen LogP) is 2.61. The number of carbonyl (C=O) groups is 2. The van der Waals surface area contributed by atoms with Crippen molar-refractivity contribution in [1.29, 1.82) is 0 Å². The molecule has 2 unspecified atom stereocenters. The summed E-state index contributed by atoms with van der Waals surface area (Å²) in [5.41, 5.74) is -0.0690. The molecule has 1 fully saturated rings. The Kier molecular flexibility index (Phi) is 5.84. The van der Waals surface area contributed by atoms with E-state index in [1.807, 2.05) is 27.7 Å². The number of carboxylic acids is 1. The first-order valence-corrected chi connectivity index (χ1v) is 7.46. The zero-order valence-electron chi connectivity index (χ0n) is 13.0. The summed E-state index contributed by atoms with van der Waals surface area (Å²) in [5, 5.41) is 14.8. The monoisotopic (exact) mass is 284 g/mol. The smallest absolute Gasteiger partial charge is 0.315 e. The molecule has 1 aliphatic carbocycles. The lowest BCUT2D eigenvalue weighted by Gasteiger charge is -2.32. The molecule has 1 aliphatic rings. The van der Waals surface area contributed by atoms with Crippen LogP contribution in [0.25, 0.3) is 0 Å². The summed E-state index contributed by atoms with van der Waals surface area (Å²) in [4.78, 5) is 23.0. The molecule has 0 aromatic rings. The molecule has 1 rings (SSSR count). The van der Waals surface area contributed by atoms with E-state index < -0.39 is 11.9 Å². The molecule has 5 heteroatoms. The van der Waals surface area contributed by atoms with Gasteiger partial charge in [-0.15, -0.1) is 0 Å². The van der Waals surface area contributed by atoms with E-state index in [0.717, 1.165) is 0 Å². The van der Waals surface area contributed by atoms with Crippen LogP contribution in [0, 0.1) is 17.3 Å². The summed E-state index contributed by atoms with van der Waals surface area (Å²) in [6, 6.07) is -0.0980. The summed E-state index contributed by atoms with van der Waals surface area (Å²) in [7, 11) is 0. The predicted molar refractivity (Wildman–Crippen MR) is 78.5 cm³/mol. The number of amides is 2. The Hall–Kier alpha value is -1.26. The molecule has 0 spiro atoms. The Morgan fingerprint density at radius 3 is 2.30 bits per heavy atom. The molecule has 0 radical (unpaired) electrons. The lowest BCUT2D eigenvalue weighted by atomic mass is 9.80. The third kappa shape index (κ3) is 5.80. The van der Waals surface area contributed by atoms with Crippen LogP contribution >= 0.6 is 0 Å². The van der Waals surface area contributed by atoms with E-state index in [9.17, 15) is 14.7 Å². The minimum atomic E-state index is -0.854. The van der Waals surface area contributed by atoms with Gasteiger partial charge in [-0.25, -0.2) is 4.79 Å². The Bertz CT molecular complexity index is 346. The molecular weight excluding hydrogens is 256 g/mol. The van der Waals surface area contributed by atoms with Crippen molar-refractivity contribution in [2.75, 3.05) is 6.54 Å². The molecule has 0 aromatic carbocycles. The lowest BCUT2D eigenvalue weighted by molar-refractivity contribution is -0.142. The highest BCUT2D eigenvalue weighted by Crippen LogP contribution is 2.29. The molecule has 0 heterocycles. The van der Waals surface area contributed by atoms with E-state index in [1.54, 1.807) is 0 Å². The normalized spacial score (nSPS) is 18.8. The van der Waals surface area contributed by atoms with Crippen LogP contribution in [0.2, 0.25) is 0 Å². The fraction of sp³-hybridized carbons (Fsp3) is 0.867. The molecule has 2 atom stereocenters. The standard InChI is InChI=1S/C15H28N2O3/c1-10(11-6-5-7-11)17-14(20)16-9-12(13(18)19)8-15(2,3)4/h10-12H,5-9H2,1-4H3,(H,18,19)(H2,16,17,20). The van der Waals surface area contributed by atoms with E-state index in [1.165, 1.54) is 19.3 Å². The molecule has 5 nitrogen and oxygen atoms in total. The van der Waals surface area contributed by atoms with Crippen molar-refractivity contribution >= 4 is 12.0 Å². The molecule has 3 N–H and O–H groups in total. The molecule has 20 heavy (non-hydrogen) atoms. The number of carbonyl (C=O) groups excluding carboxylic acids is 1. The first-order chi connectivity index (χ1) is 9.19. The SMILES string of the molecule is CC(NC(=O)NCC(CC(C)(C)C)C(=O)O)C1CCC1. The number of hydrogen-bond acceptors (Lipinski definition) is 2. The zero-order valence-corrected chi connectivity index (χ0v) is 13.0. The second-order valence-electron chi connectivity index (χ2n) is 7.13. The number of nitrogens with one attached hydrogen (secondary N) is 2. The van der Waals surface area contributed by atoms with Crippen molar-refractivity contribution in [3.05, 3.63) is 0 Å². The van der Waals surface area contributed by atoms with E-state index in [0.29, 0.717) is 12.3 Å². The Morgan fingerprint density at radius 1 is 1.30 bits per heavy atom. The van der Waals surface area contributed by atoms with Crippen LogP contribution < -0.4 is 10.6 Å². The van der Waals surface area contributed by atoms with Gasteiger partial charge in [0.15, 0.2) is 0 Å². The second kappa shape index (κ2) is 6.95. The Morgan fingerprint density at radius 2 is 1.90 bits per heavy atom. The Balaban J connectivity index is 2.34. The minimum Gasteiger partial charge on any atom is -0.481 e. The number of aliphatic carboxylic acids is 1. The van der Waals surface area contributed by atoms with Crippen molar-refractivity contribution in [2.45, 2.75) is 59.4 Å². The highest BCUT2D eigenvalue weighted by molar-refractivity contribution is 5.76. The summed E-state index contributed by atoms with van der Waals surface area (Å²) in [6.07, 6.45) is 4.12. The van der Waals surface area contributed by atoms with Crippen LogP contribution in [0.3, 0.4) is 0 Å². The molecule has 116 valence electrons. The minimum absolute atomic E-state index is 0.0690. The second-order valence-corrected chi connectivity index (χ2v) is 7.13. The van der Waals surface area contributed by atoms with Gasteiger partial charge in [-0.2, -0.15) is 0 Å². The van der Waals surface area contributed by atoms with E-state index >= 15 is 0 Å². The highest BCUT2D eigenvalue weighted by Gasteiger charge is 2.27. The lowest BCUT2D eigenvalue weighted by Crippen LogP contribution is -2.47. The van der Waals surface area contributed by atoms with Crippen molar-refractivity contribution in [3.8, 4) is 0 Å². The fourth-order valence-corrected chi connectivity index (χ4v) is 2.52. The van der Waals surface area contributed by atoms with Crippen LogP contribution in [-0.2, 0) is 4.79 Å². The van der Waals surface area contributed by atoms with Crippen molar-refractivity contribution in [2.24, 2.45) is 17.3 Å². The van der Waals surface area contributed by atoms with Crippen molar-refractivity contribution in [3.63, 3.8) is 0 Å². The number of carboxylic acid groups (broad SMARTS) is 1. The molecule has 0 bridgehead atoms. The average molecular weight is 284 g/mol. The quantitative estimate of drug-likeness (QED) is 0.701. The van der Waals surface area contributed by atoms with Crippen LogP contribution in [0.1, 0.15) is 53.4 Å². The maximum atomic E-state index is 11.8. The molecule has 0 aromatic heterocycles. The molecule has 0 saturated heterocycles. The summed E-state index contributed by atoms with van der Waals surface area (Å²) in [5.74, 6) is -0.822. The van der Waals surface area contributed by atoms with Gasteiger partial charge in [0.05, 0.1) is 5.92 Å². The highest BCUT2D eigenvalue weighted by atomic mass is 16.4. The first-order valence-electron chi connectivity index (χ1n) is 7.46. The fourth-order valence-electron chi connectivity index (χ4n) is 2.52. The van der Waals surface area contributed by atoms with Crippen molar-refractivity contribution in [1.82, 2.24) is 10.6 Å². The van der Waals surface area contributed by atoms with Gasteiger partial charge in [-0.1, -0.05) is 27.2 Å². The van der Waals surface area contributed by atoms with E-state index in [2.05, 4.69) is 10.6 Å². The third-order valence-corrected chi connectivity index (χ3v) is 3.93. The Labute approximate surface area is 121 Å². The number of rotatable bonds is 6. The summed E-state index contributed by atoms with van der Waals surface area (Å²) in [6.45, 7) is 8.19. The molecule has 1 saturated carbocycles. The molecule has 0 aliphatic heterocycles. The molecular formula is C15H28N2O3. The van der Waals surface area contributed by atoms with Gasteiger partial charge in [0, 0.05) is 12.6 Å². The van der Waals surface area contributed by atoms with Crippen LogP contribution in [0.15, 0.2) is 0 Å². The maximum absolute atomic E-state index is 11.8. The van der Waals surface area contributed by atoms with E-state index in [4.69, 9.17) is 0 Å². The van der Waals surface area contributed by atoms with Crippen LogP contribution in [0.5, 0.6) is 0 Å². The van der Waals surface area contributed by atoms with Crippen LogP contribution in [0.4, 0.5) is 4.79 Å². The van der Waals surface area contributed by atoms with E-state index in [-0.39, 0.29) is 24.0 Å². The van der Waals surface area contributed by atoms with Gasteiger partial charge < -0.3 is 15.7 Å². The topological polar surface area (TPSA) is 78.4 Å². The third-order valence-electron chi connectivity index (χ3n) is 3.93. The van der Waals surface area contributed by atoms with Gasteiger partial charge in [0.1, 0.15) is 0 Å². The van der Waals surface area contributed by atoms with Crippen LogP contribution in [-0.4, -0.2) is 29.7 Å². The van der Waals surface area contributed by atoms with Gasteiger partial charge >= 0.3 is 12.0 Å². The summed E-state index contributed by atoms with van der Waals surface area (Å²) < 4.78 is 0. The van der Waals surface area contributed by atoms with Gasteiger partial charge in [-0.05, 0) is 37.5 Å². The molecule has 2 amide bonds. The average Bonchev–Trinajstić information content (AvgIpc) is 2.19. The zero-order chi connectivity index (χ0) is 15.3. The van der Waals surface area contributed by atoms with Gasteiger partial charge in [-0.3, -0.25) is 4.79 Å². The maximum Gasteiger partial charge on any atom is 0.315 e. The van der Waals surface area contributed by atoms with Crippen molar-refractivity contribution < 1.29 is 14.7 Å². The number of urea groups is 1.